The van der Waals surface area contributed by atoms with E-state index in [-0.39, 0.29) is 5.54 Å². The molecule has 2 atom stereocenters. The number of nitrogens with two attached hydrogens (primary N) is 1. The lowest BCUT2D eigenvalue weighted by atomic mass is 9.73. The Morgan fingerprint density at radius 2 is 2.12 bits per heavy atom. The van der Waals surface area contributed by atoms with E-state index < -0.39 is 0 Å². The summed E-state index contributed by atoms with van der Waals surface area (Å²) in [7, 11) is 0. The number of hydrogen-bond donors (Lipinski definition) is 1. The van der Waals surface area contributed by atoms with Crippen LogP contribution in [0.4, 0.5) is 0 Å². The quantitative estimate of drug-likeness (QED) is 0.844. The summed E-state index contributed by atoms with van der Waals surface area (Å²) < 4.78 is 0. The first-order valence-corrected chi connectivity index (χ1v) is 7.47. The Morgan fingerprint density at radius 1 is 1.31 bits per heavy atom. The molecule has 0 bridgehead atoms. The van der Waals surface area contributed by atoms with Crippen LogP contribution < -0.4 is 5.73 Å². The summed E-state index contributed by atoms with van der Waals surface area (Å²) in [5.74, 6) is 1.83. The Hall–Kier alpha value is -0.0500. The van der Waals surface area contributed by atoms with E-state index in [0.717, 1.165) is 29.7 Å². The highest BCUT2D eigenvalue weighted by Gasteiger charge is 2.42. The molecule has 0 aromatic carbocycles. The van der Waals surface area contributed by atoms with E-state index in [9.17, 15) is 0 Å². The molecule has 16 heavy (non-hydrogen) atoms. The molecule has 0 amide bonds. The first-order valence-electron chi connectivity index (χ1n) is 6.21. The number of rotatable bonds is 2. The zero-order valence-corrected chi connectivity index (χ0v) is 11.0. The van der Waals surface area contributed by atoms with Gasteiger partial charge in [-0.15, -0.1) is 11.3 Å². The van der Waals surface area contributed by atoms with Crippen LogP contribution in [0.1, 0.15) is 43.4 Å². The zero-order chi connectivity index (χ0) is 11.2. The van der Waals surface area contributed by atoms with Crippen LogP contribution in [-0.4, -0.2) is 0 Å². The van der Waals surface area contributed by atoms with Gasteiger partial charge in [0.15, 0.2) is 0 Å². The van der Waals surface area contributed by atoms with Gasteiger partial charge >= 0.3 is 0 Å². The van der Waals surface area contributed by atoms with E-state index in [4.69, 9.17) is 17.3 Å². The van der Waals surface area contributed by atoms with E-state index in [1.54, 1.807) is 11.3 Å². The standard InChI is InChI=1S/C13H18ClNS/c14-11-5-7-16-12(11)13(15)6-1-2-10(8-13)9-3-4-9/h5,7,9-10H,1-4,6,8,15H2. The second kappa shape index (κ2) is 4.01. The highest BCUT2D eigenvalue weighted by Crippen LogP contribution is 2.50. The van der Waals surface area contributed by atoms with Gasteiger partial charge < -0.3 is 5.73 Å². The maximum atomic E-state index is 6.61. The van der Waals surface area contributed by atoms with Crippen LogP contribution in [0.5, 0.6) is 0 Å². The Morgan fingerprint density at radius 3 is 2.75 bits per heavy atom. The lowest BCUT2D eigenvalue weighted by molar-refractivity contribution is 0.210. The summed E-state index contributed by atoms with van der Waals surface area (Å²) in [4.78, 5) is 1.22. The average molecular weight is 256 g/mol. The van der Waals surface area contributed by atoms with Crippen LogP contribution >= 0.6 is 22.9 Å². The average Bonchev–Trinajstić information content (AvgIpc) is 3.01. The molecule has 2 fully saturated rings. The first-order chi connectivity index (χ1) is 7.69. The van der Waals surface area contributed by atoms with Crippen LogP contribution in [0, 0.1) is 11.8 Å². The molecule has 0 spiro atoms. The van der Waals surface area contributed by atoms with Crippen molar-refractivity contribution in [1.82, 2.24) is 0 Å². The SMILES string of the molecule is NC1(c2sccc2Cl)CCCC(C2CC2)C1. The van der Waals surface area contributed by atoms with Gasteiger partial charge in [0.05, 0.1) is 10.6 Å². The molecule has 0 radical (unpaired) electrons. The lowest BCUT2D eigenvalue weighted by Crippen LogP contribution is -2.41. The number of halogens is 1. The third-order valence-electron chi connectivity index (χ3n) is 4.18. The maximum absolute atomic E-state index is 6.61. The third kappa shape index (κ3) is 1.92. The van der Waals surface area contributed by atoms with Crippen molar-refractivity contribution in [1.29, 1.82) is 0 Å². The lowest BCUT2D eigenvalue weighted by Gasteiger charge is -2.38. The minimum Gasteiger partial charge on any atom is -0.321 e. The number of thiophene rings is 1. The molecule has 2 unspecified atom stereocenters. The second-order valence-electron chi connectivity index (χ2n) is 5.45. The molecule has 2 aliphatic carbocycles. The van der Waals surface area contributed by atoms with Crippen molar-refractivity contribution in [3.63, 3.8) is 0 Å². The Bertz CT molecular complexity index is 385. The van der Waals surface area contributed by atoms with Crippen molar-refractivity contribution < 1.29 is 0 Å². The largest absolute Gasteiger partial charge is 0.321 e. The van der Waals surface area contributed by atoms with Crippen molar-refractivity contribution in [2.75, 3.05) is 0 Å². The highest BCUT2D eigenvalue weighted by atomic mass is 35.5. The fraction of sp³-hybridized carbons (Fsp3) is 0.692. The summed E-state index contributed by atoms with van der Waals surface area (Å²) in [6, 6.07) is 1.98. The summed E-state index contributed by atoms with van der Waals surface area (Å²) in [5, 5.41) is 2.94. The summed E-state index contributed by atoms with van der Waals surface area (Å²) in [6.07, 6.45) is 7.77. The first kappa shape index (κ1) is 11.1. The molecule has 2 N–H and O–H groups in total. The van der Waals surface area contributed by atoms with Crippen molar-refractivity contribution in [2.24, 2.45) is 17.6 Å². The molecule has 2 aliphatic rings. The third-order valence-corrected chi connectivity index (χ3v) is 5.74. The molecular weight excluding hydrogens is 238 g/mol. The monoisotopic (exact) mass is 255 g/mol. The van der Waals surface area contributed by atoms with Gasteiger partial charge in [-0.3, -0.25) is 0 Å². The van der Waals surface area contributed by atoms with Gasteiger partial charge in [-0.25, -0.2) is 0 Å². The van der Waals surface area contributed by atoms with Gasteiger partial charge in [-0.2, -0.15) is 0 Å². The molecular formula is C13H18ClNS. The van der Waals surface area contributed by atoms with E-state index >= 15 is 0 Å². The Balaban J connectivity index is 1.83. The fourth-order valence-electron chi connectivity index (χ4n) is 3.18. The molecule has 1 aromatic rings. The van der Waals surface area contributed by atoms with E-state index in [0.29, 0.717) is 0 Å². The molecule has 88 valence electrons. The van der Waals surface area contributed by atoms with Gasteiger partial charge in [-0.1, -0.05) is 24.4 Å². The summed E-state index contributed by atoms with van der Waals surface area (Å²) in [6.45, 7) is 0. The van der Waals surface area contributed by atoms with Crippen LogP contribution in [-0.2, 0) is 5.54 Å². The van der Waals surface area contributed by atoms with Gasteiger partial charge in [0.2, 0.25) is 0 Å². The molecule has 1 nitrogen and oxygen atoms in total. The predicted octanol–water partition coefficient (Wildman–Crippen LogP) is 4.16. The molecule has 2 saturated carbocycles. The summed E-state index contributed by atoms with van der Waals surface area (Å²) in [5.41, 5.74) is 6.48. The van der Waals surface area contributed by atoms with Crippen LogP contribution in [0.3, 0.4) is 0 Å². The van der Waals surface area contributed by atoms with Crippen LogP contribution in [0.2, 0.25) is 5.02 Å². The molecule has 3 heteroatoms. The normalized spacial score (nSPS) is 35.2. The van der Waals surface area contributed by atoms with Gasteiger partial charge in [0.25, 0.3) is 0 Å². The molecule has 3 rings (SSSR count). The van der Waals surface area contributed by atoms with Crippen LogP contribution in [0.25, 0.3) is 0 Å². The molecule has 1 aromatic heterocycles. The van der Waals surface area contributed by atoms with Gasteiger partial charge in [-0.05, 0) is 49.0 Å². The Labute approximate surface area is 106 Å². The zero-order valence-electron chi connectivity index (χ0n) is 9.42. The summed E-state index contributed by atoms with van der Waals surface area (Å²) >= 11 is 7.97. The maximum Gasteiger partial charge on any atom is 0.0564 e. The van der Waals surface area contributed by atoms with E-state index in [1.807, 2.05) is 6.07 Å². The minimum atomic E-state index is -0.128. The molecule has 0 saturated heterocycles. The number of hydrogen-bond acceptors (Lipinski definition) is 2. The van der Waals surface area contributed by atoms with Crippen molar-refractivity contribution in [3.05, 3.63) is 21.3 Å². The van der Waals surface area contributed by atoms with Crippen LogP contribution in [0.15, 0.2) is 11.4 Å². The predicted molar refractivity (Wildman–Crippen MR) is 69.9 cm³/mol. The fourth-order valence-corrected chi connectivity index (χ4v) is 4.58. The van der Waals surface area contributed by atoms with Gasteiger partial charge in [0, 0.05) is 4.88 Å². The minimum absolute atomic E-state index is 0.128. The smallest absolute Gasteiger partial charge is 0.0564 e. The highest BCUT2D eigenvalue weighted by molar-refractivity contribution is 7.10. The van der Waals surface area contributed by atoms with Crippen molar-refractivity contribution >= 4 is 22.9 Å². The van der Waals surface area contributed by atoms with E-state index in [2.05, 4.69) is 5.38 Å². The topological polar surface area (TPSA) is 26.0 Å². The van der Waals surface area contributed by atoms with Crippen molar-refractivity contribution in [3.8, 4) is 0 Å². The second-order valence-corrected chi connectivity index (χ2v) is 6.77. The molecule has 1 heterocycles. The van der Waals surface area contributed by atoms with E-state index in [1.165, 1.54) is 30.6 Å². The van der Waals surface area contributed by atoms with Gasteiger partial charge in [0.1, 0.15) is 0 Å². The molecule has 0 aliphatic heterocycles. The Kier molecular flexibility index (Phi) is 2.77. The van der Waals surface area contributed by atoms with Crippen molar-refractivity contribution in [2.45, 2.75) is 44.1 Å².